The Hall–Kier alpha value is -0.610. The summed E-state index contributed by atoms with van der Waals surface area (Å²) < 4.78 is 0. The molecule has 1 aliphatic carbocycles. The van der Waals surface area contributed by atoms with E-state index in [1.807, 2.05) is 0 Å². The largest absolute Gasteiger partial charge is 0.388 e. The van der Waals surface area contributed by atoms with E-state index in [2.05, 4.69) is 19.2 Å². The maximum absolute atomic E-state index is 11.3. The van der Waals surface area contributed by atoms with Gasteiger partial charge < -0.3 is 16.2 Å². The summed E-state index contributed by atoms with van der Waals surface area (Å²) in [5.74, 6) is -0.196. The third-order valence-corrected chi connectivity index (χ3v) is 3.54. The molecule has 0 aromatic rings. The summed E-state index contributed by atoms with van der Waals surface area (Å²) in [6.45, 7) is 6.40. The summed E-state index contributed by atoms with van der Waals surface area (Å²) in [6, 6.07) is -0.511. The van der Waals surface area contributed by atoms with E-state index in [1.165, 1.54) is 0 Å². The van der Waals surface area contributed by atoms with Gasteiger partial charge in [-0.3, -0.25) is 4.79 Å². The maximum Gasteiger partial charge on any atom is 0.236 e. The molecule has 4 N–H and O–H groups in total. The van der Waals surface area contributed by atoms with Gasteiger partial charge in [0, 0.05) is 6.54 Å². The summed E-state index contributed by atoms with van der Waals surface area (Å²) in [6.07, 6.45) is 3.49. The number of hydrogen-bond acceptors (Lipinski definition) is 3. The molecule has 1 saturated carbocycles. The minimum Gasteiger partial charge on any atom is -0.388 e. The Labute approximate surface area is 97.6 Å². The molecular formula is C12H24N2O2. The lowest BCUT2D eigenvalue weighted by molar-refractivity contribution is -0.123. The molecule has 1 atom stereocenters. The van der Waals surface area contributed by atoms with Crippen LogP contribution in [0.1, 0.15) is 46.5 Å². The Morgan fingerprint density at radius 3 is 2.31 bits per heavy atom. The molecule has 0 aliphatic heterocycles. The van der Waals surface area contributed by atoms with Crippen LogP contribution in [0.25, 0.3) is 0 Å². The molecule has 1 rings (SSSR count). The predicted octanol–water partition coefficient (Wildman–Crippen LogP) is 0.781. The normalized spacial score (nSPS) is 24.8. The third-order valence-electron chi connectivity index (χ3n) is 3.54. The lowest BCUT2D eigenvalue weighted by atomic mass is 9.71. The van der Waals surface area contributed by atoms with Gasteiger partial charge in [-0.05, 0) is 38.0 Å². The first-order chi connectivity index (χ1) is 7.24. The molecule has 0 bridgehead atoms. The van der Waals surface area contributed by atoms with Crippen LogP contribution < -0.4 is 11.1 Å². The van der Waals surface area contributed by atoms with Crippen LogP contribution in [-0.4, -0.2) is 29.2 Å². The summed E-state index contributed by atoms with van der Waals surface area (Å²) in [4.78, 5) is 11.3. The van der Waals surface area contributed by atoms with E-state index >= 15 is 0 Å². The molecule has 1 aliphatic rings. The van der Waals surface area contributed by atoms with Crippen molar-refractivity contribution in [2.75, 3.05) is 6.54 Å². The van der Waals surface area contributed by atoms with Crippen molar-refractivity contribution in [3.63, 3.8) is 0 Å². The Morgan fingerprint density at radius 2 is 1.88 bits per heavy atom. The first kappa shape index (κ1) is 13.5. The molecule has 1 amide bonds. The molecular weight excluding hydrogens is 204 g/mol. The van der Waals surface area contributed by atoms with Gasteiger partial charge in [0.05, 0.1) is 11.6 Å². The van der Waals surface area contributed by atoms with Crippen LogP contribution in [0.3, 0.4) is 0 Å². The molecule has 94 valence electrons. The average Bonchev–Trinajstić information content (AvgIpc) is 2.20. The van der Waals surface area contributed by atoms with Crippen molar-refractivity contribution in [3.05, 3.63) is 0 Å². The van der Waals surface area contributed by atoms with E-state index in [1.54, 1.807) is 6.92 Å². The van der Waals surface area contributed by atoms with Crippen molar-refractivity contribution in [2.24, 2.45) is 11.1 Å². The summed E-state index contributed by atoms with van der Waals surface area (Å²) in [5.41, 5.74) is 5.02. The SMILES string of the molecule is C[C@H](N)C(=O)NCC1(O)CCC(C)(C)CC1. The van der Waals surface area contributed by atoms with Gasteiger partial charge in [0.15, 0.2) is 0 Å². The highest BCUT2D eigenvalue weighted by Crippen LogP contribution is 2.39. The molecule has 0 spiro atoms. The summed E-state index contributed by atoms with van der Waals surface area (Å²) >= 11 is 0. The molecule has 16 heavy (non-hydrogen) atoms. The minimum atomic E-state index is -0.736. The van der Waals surface area contributed by atoms with E-state index in [4.69, 9.17) is 5.73 Å². The van der Waals surface area contributed by atoms with Crippen LogP contribution in [0.2, 0.25) is 0 Å². The van der Waals surface area contributed by atoms with Gasteiger partial charge in [0.25, 0.3) is 0 Å². The maximum atomic E-state index is 11.3. The van der Waals surface area contributed by atoms with Crippen LogP contribution in [0, 0.1) is 5.41 Å². The van der Waals surface area contributed by atoms with Gasteiger partial charge >= 0.3 is 0 Å². The lowest BCUT2D eigenvalue weighted by Gasteiger charge is -2.40. The van der Waals surface area contributed by atoms with Crippen LogP contribution in [0.5, 0.6) is 0 Å². The van der Waals surface area contributed by atoms with Crippen molar-refractivity contribution in [3.8, 4) is 0 Å². The molecule has 0 unspecified atom stereocenters. The zero-order chi connectivity index (χ0) is 12.4. The number of aliphatic hydroxyl groups is 1. The average molecular weight is 228 g/mol. The van der Waals surface area contributed by atoms with Gasteiger partial charge in [-0.15, -0.1) is 0 Å². The van der Waals surface area contributed by atoms with Gasteiger partial charge in [0.1, 0.15) is 0 Å². The zero-order valence-electron chi connectivity index (χ0n) is 10.5. The van der Waals surface area contributed by atoms with Crippen molar-refractivity contribution < 1.29 is 9.90 Å². The smallest absolute Gasteiger partial charge is 0.236 e. The van der Waals surface area contributed by atoms with Crippen molar-refractivity contribution in [2.45, 2.75) is 58.1 Å². The Bertz CT molecular complexity index is 252. The number of amides is 1. The first-order valence-electron chi connectivity index (χ1n) is 6.00. The van der Waals surface area contributed by atoms with E-state index in [0.717, 1.165) is 25.7 Å². The highest BCUT2D eigenvalue weighted by Gasteiger charge is 2.36. The van der Waals surface area contributed by atoms with Crippen molar-refractivity contribution >= 4 is 5.91 Å². The molecule has 0 aromatic heterocycles. The molecule has 0 saturated heterocycles. The van der Waals surface area contributed by atoms with Gasteiger partial charge in [-0.25, -0.2) is 0 Å². The fourth-order valence-corrected chi connectivity index (χ4v) is 1.98. The molecule has 4 nitrogen and oxygen atoms in total. The molecule has 1 fully saturated rings. The summed E-state index contributed by atoms with van der Waals surface area (Å²) in [5, 5.41) is 13.0. The number of nitrogens with one attached hydrogen (secondary N) is 1. The second kappa shape index (κ2) is 4.72. The van der Waals surface area contributed by atoms with Crippen LogP contribution in [0.4, 0.5) is 0 Å². The topological polar surface area (TPSA) is 75.4 Å². The van der Waals surface area contributed by atoms with Crippen LogP contribution in [-0.2, 0) is 4.79 Å². The van der Waals surface area contributed by atoms with Gasteiger partial charge in [-0.2, -0.15) is 0 Å². The summed E-state index contributed by atoms with van der Waals surface area (Å²) in [7, 11) is 0. The quantitative estimate of drug-likeness (QED) is 0.668. The minimum absolute atomic E-state index is 0.196. The first-order valence-corrected chi connectivity index (χ1v) is 6.00. The van der Waals surface area contributed by atoms with E-state index < -0.39 is 11.6 Å². The van der Waals surface area contributed by atoms with Crippen LogP contribution >= 0.6 is 0 Å². The van der Waals surface area contributed by atoms with Crippen molar-refractivity contribution in [1.29, 1.82) is 0 Å². The van der Waals surface area contributed by atoms with Crippen molar-refractivity contribution in [1.82, 2.24) is 5.32 Å². The van der Waals surface area contributed by atoms with Gasteiger partial charge in [0.2, 0.25) is 5.91 Å². The number of rotatable bonds is 3. The fraction of sp³-hybridized carbons (Fsp3) is 0.917. The zero-order valence-corrected chi connectivity index (χ0v) is 10.5. The Morgan fingerprint density at radius 1 is 1.38 bits per heavy atom. The Kier molecular flexibility index (Phi) is 3.97. The van der Waals surface area contributed by atoms with E-state index in [-0.39, 0.29) is 5.91 Å². The second-order valence-corrected chi connectivity index (χ2v) is 5.90. The fourth-order valence-electron chi connectivity index (χ4n) is 1.98. The monoisotopic (exact) mass is 228 g/mol. The third kappa shape index (κ3) is 3.76. The lowest BCUT2D eigenvalue weighted by Crippen LogP contribution is -2.49. The standard InChI is InChI=1S/C12H24N2O2/c1-9(13)10(15)14-8-12(16)6-4-11(2,3)5-7-12/h9,16H,4-8,13H2,1-3H3,(H,14,15)/t9-/m0/s1. The number of nitrogens with two attached hydrogens (primary N) is 1. The molecule has 0 heterocycles. The molecule has 0 radical (unpaired) electrons. The number of carbonyl (C=O) groups excluding carboxylic acids is 1. The second-order valence-electron chi connectivity index (χ2n) is 5.90. The van der Waals surface area contributed by atoms with Gasteiger partial charge in [-0.1, -0.05) is 13.8 Å². The van der Waals surface area contributed by atoms with E-state index in [9.17, 15) is 9.90 Å². The number of carbonyl (C=O) groups is 1. The highest BCUT2D eigenvalue weighted by atomic mass is 16.3. The Balaban J connectivity index is 2.40. The molecule has 4 heteroatoms. The van der Waals surface area contributed by atoms with E-state index in [0.29, 0.717) is 12.0 Å². The highest BCUT2D eigenvalue weighted by molar-refractivity contribution is 5.81. The van der Waals surface area contributed by atoms with Crippen LogP contribution in [0.15, 0.2) is 0 Å². The number of hydrogen-bond donors (Lipinski definition) is 3. The predicted molar refractivity (Wildman–Crippen MR) is 63.9 cm³/mol. The molecule has 0 aromatic carbocycles.